The third-order valence-corrected chi connectivity index (χ3v) is 7.37. The fraction of sp³-hybridized carbons (Fsp3) is 0.429. The average molecular weight is 471 g/mol. The van der Waals surface area contributed by atoms with E-state index in [0.717, 1.165) is 54.4 Å². The molecule has 2 aromatic carbocycles. The van der Waals surface area contributed by atoms with Crippen molar-refractivity contribution >= 4 is 0 Å². The van der Waals surface area contributed by atoms with Gasteiger partial charge in [0.15, 0.2) is 0 Å². The summed E-state index contributed by atoms with van der Waals surface area (Å²) in [5.41, 5.74) is 6.74. The van der Waals surface area contributed by atoms with Crippen LogP contribution in [0.2, 0.25) is 0 Å². The van der Waals surface area contributed by atoms with E-state index in [9.17, 15) is 4.79 Å². The highest BCUT2D eigenvalue weighted by molar-refractivity contribution is 5.80. The number of unbranched alkanes of at least 4 members (excludes halogenated alkanes) is 1. The molecule has 5 rings (SSSR count). The summed E-state index contributed by atoms with van der Waals surface area (Å²) in [6.07, 6.45) is 9.14. The lowest BCUT2D eigenvalue weighted by atomic mass is 9.95. The fourth-order valence-electron chi connectivity index (χ4n) is 5.49. The molecule has 0 atom stereocenters. The van der Waals surface area contributed by atoms with E-state index in [1.807, 2.05) is 22.8 Å². The zero-order valence-electron chi connectivity index (χ0n) is 20.7. The summed E-state index contributed by atoms with van der Waals surface area (Å²) in [7, 11) is 0. The van der Waals surface area contributed by atoms with Crippen LogP contribution in [0, 0.1) is 6.92 Å². The number of imidazole rings is 1. The van der Waals surface area contributed by atoms with E-state index >= 15 is 0 Å². The smallest absolute Gasteiger partial charge is 0.293 e. The van der Waals surface area contributed by atoms with Crippen molar-refractivity contribution in [2.45, 2.75) is 77.8 Å². The Kier molecular flexibility index (Phi) is 6.93. The van der Waals surface area contributed by atoms with Crippen molar-refractivity contribution < 1.29 is 0 Å². The zero-order chi connectivity index (χ0) is 24.2. The molecule has 0 bridgehead atoms. The molecule has 4 aromatic rings. The van der Waals surface area contributed by atoms with Crippen molar-refractivity contribution in [2.24, 2.45) is 0 Å². The van der Waals surface area contributed by atoms with Gasteiger partial charge in [0.05, 0.1) is 6.54 Å². The molecule has 0 spiro atoms. The minimum absolute atomic E-state index is 0.159. The van der Waals surface area contributed by atoms with Gasteiger partial charge in [-0.25, -0.2) is 4.79 Å². The van der Waals surface area contributed by atoms with E-state index in [0.29, 0.717) is 18.4 Å². The first-order chi connectivity index (χ1) is 17.2. The molecule has 7 heteroatoms. The number of nitrogens with zero attached hydrogens (tertiary/aromatic N) is 5. The highest BCUT2D eigenvalue weighted by atomic mass is 16.1. The Labute approximate surface area is 206 Å². The number of aromatic amines is 1. The Morgan fingerprint density at radius 2 is 1.74 bits per heavy atom. The molecule has 1 aliphatic rings. The third-order valence-electron chi connectivity index (χ3n) is 7.37. The maximum absolute atomic E-state index is 13.6. The number of H-pyrrole nitrogens is 1. The third kappa shape index (κ3) is 4.72. The molecule has 2 heterocycles. The summed E-state index contributed by atoms with van der Waals surface area (Å²) in [4.78, 5) is 13.6. The lowest BCUT2D eigenvalue weighted by Gasteiger charge is -2.23. The van der Waals surface area contributed by atoms with Crippen LogP contribution in [-0.2, 0) is 13.0 Å². The van der Waals surface area contributed by atoms with Crippen LogP contribution < -0.4 is 5.69 Å². The highest BCUT2D eigenvalue weighted by Crippen LogP contribution is 2.31. The van der Waals surface area contributed by atoms with Gasteiger partial charge in [-0.15, -0.1) is 10.2 Å². The van der Waals surface area contributed by atoms with E-state index in [1.54, 1.807) is 0 Å². The lowest BCUT2D eigenvalue weighted by molar-refractivity contribution is 0.340. The van der Waals surface area contributed by atoms with Gasteiger partial charge in [0.1, 0.15) is 0 Å². The van der Waals surface area contributed by atoms with Gasteiger partial charge < -0.3 is 0 Å². The van der Waals surface area contributed by atoms with E-state index in [2.05, 4.69) is 69.4 Å². The summed E-state index contributed by atoms with van der Waals surface area (Å²) in [6.45, 7) is 4.96. The molecule has 0 amide bonds. The normalized spacial score (nSPS) is 14.5. The Morgan fingerprint density at radius 3 is 2.43 bits per heavy atom. The molecule has 1 saturated carbocycles. The summed E-state index contributed by atoms with van der Waals surface area (Å²) in [5.74, 6) is 0.580. The van der Waals surface area contributed by atoms with Gasteiger partial charge in [-0.05, 0) is 54.5 Å². The van der Waals surface area contributed by atoms with Crippen molar-refractivity contribution in [2.75, 3.05) is 0 Å². The average Bonchev–Trinajstić information content (AvgIpc) is 3.51. The van der Waals surface area contributed by atoms with Gasteiger partial charge in [0.2, 0.25) is 5.82 Å². The molecule has 0 radical (unpaired) electrons. The second-order valence-corrected chi connectivity index (χ2v) is 9.64. The Hall–Kier alpha value is -3.48. The summed E-state index contributed by atoms with van der Waals surface area (Å²) >= 11 is 0. The van der Waals surface area contributed by atoms with Crippen molar-refractivity contribution in [3.8, 4) is 22.5 Å². The van der Waals surface area contributed by atoms with Gasteiger partial charge in [-0.3, -0.25) is 9.13 Å². The first-order valence-corrected chi connectivity index (χ1v) is 12.9. The highest BCUT2D eigenvalue weighted by Gasteiger charge is 2.24. The van der Waals surface area contributed by atoms with Gasteiger partial charge in [0.25, 0.3) is 0 Å². The van der Waals surface area contributed by atoms with E-state index in [1.165, 1.54) is 30.7 Å². The number of hydrogen-bond donors (Lipinski definition) is 1. The SMILES string of the molecule is CCCCc1c(C)n(C2CCCCC2)c(=O)n1Cc1ccc(-c2ccccc2-c2nn[nH]n2)cc1. The quantitative estimate of drug-likeness (QED) is 0.358. The molecule has 0 aliphatic heterocycles. The van der Waals surface area contributed by atoms with Crippen LogP contribution in [0.25, 0.3) is 22.5 Å². The van der Waals surface area contributed by atoms with Crippen LogP contribution >= 0.6 is 0 Å². The Balaban J connectivity index is 1.45. The molecule has 2 aromatic heterocycles. The number of rotatable bonds is 8. The van der Waals surface area contributed by atoms with Gasteiger partial charge >= 0.3 is 5.69 Å². The number of hydrogen-bond acceptors (Lipinski definition) is 4. The van der Waals surface area contributed by atoms with Crippen LogP contribution in [0.1, 0.15) is 74.9 Å². The summed E-state index contributed by atoms with van der Waals surface area (Å²) < 4.78 is 4.14. The van der Waals surface area contributed by atoms with Crippen molar-refractivity contribution in [1.29, 1.82) is 0 Å². The molecule has 35 heavy (non-hydrogen) atoms. The van der Waals surface area contributed by atoms with E-state index < -0.39 is 0 Å². The molecule has 182 valence electrons. The second-order valence-electron chi connectivity index (χ2n) is 9.64. The molecule has 0 saturated heterocycles. The van der Waals surface area contributed by atoms with Gasteiger partial charge in [-0.2, -0.15) is 5.21 Å². The van der Waals surface area contributed by atoms with Crippen molar-refractivity contribution in [3.63, 3.8) is 0 Å². The fourth-order valence-corrected chi connectivity index (χ4v) is 5.49. The molecule has 1 N–H and O–H groups in total. The van der Waals surface area contributed by atoms with Crippen molar-refractivity contribution in [3.05, 3.63) is 76.0 Å². The van der Waals surface area contributed by atoms with E-state index in [4.69, 9.17) is 0 Å². The number of nitrogens with one attached hydrogen (secondary N) is 1. The first kappa shape index (κ1) is 23.3. The second kappa shape index (κ2) is 10.4. The first-order valence-electron chi connectivity index (χ1n) is 12.9. The van der Waals surface area contributed by atoms with Crippen molar-refractivity contribution in [1.82, 2.24) is 29.8 Å². The minimum Gasteiger partial charge on any atom is -0.293 e. The monoisotopic (exact) mass is 470 g/mol. The van der Waals surface area contributed by atoms with Crippen LogP contribution in [0.15, 0.2) is 53.3 Å². The zero-order valence-corrected chi connectivity index (χ0v) is 20.7. The predicted octanol–water partition coefficient (Wildman–Crippen LogP) is 5.70. The summed E-state index contributed by atoms with van der Waals surface area (Å²) in [5, 5.41) is 14.5. The topological polar surface area (TPSA) is 81.4 Å². The van der Waals surface area contributed by atoms with Gasteiger partial charge in [0, 0.05) is 23.0 Å². The maximum Gasteiger partial charge on any atom is 0.329 e. The maximum atomic E-state index is 13.6. The van der Waals surface area contributed by atoms with Crippen LogP contribution in [0.4, 0.5) is 0 Å². The number of benzene rings is 2. The molecular formula is C28H34N6O. The number of aromatic nitrogens is 6. The summed E-state index contributed by atoms with van der Waals surface area (Å²) in [6, 6.07) is 16.9. The molecule has 0 unspecified atom stereocenters. The Bertz CT molecular complexity index is 1310. The van der Waals surface area contributed by atoms with Crippen LogP contribution in [0.5, 0.6) is 0 Å². The van der Waals surface area contributed by atoms with E-state index in [-0.39, 0.29) is 5.69 Å². The molecule has 7 nitrogen and oxygen atoms in total. The lowest BCUT2D eigenvalue weighted by Crippen LogP contribution is -2.29. The molecule has 1 aliphatic carbocycles. The number of tetrazole rings is 1. The van der Waals surface area contributed by atoms with Crippen LogP contribution in [0.3, 0.4) is 0 Å². The Morgan fingerprint density at radius 1 is 1.00 bits per heavy atom. The van der Waals surface area contributed by atoms with Crippen LogP contribution in [-0.4, -0.2) is 29.8 Å². The minimum atomic E-state index is 0.159. The molecule has 1 fully saturated rings. The predicted molar refractivity (Wildman–Crippen MR) is 138 cm³/mol. The van der Waals surface area contributed by atoms with Gasteiger partial charge in [-0.1, -0.05) is 81.1 Å². The standard InChI is InChI=1S/C28H34N6O/c1-3-4-14-26-20(2)34(23-10-6-5-7-11-23)28(35)33(26)19-21-15-17-22(18-16-21)24-12-8-9-13-25(24)27-29-31-32-30-27/h8-9,12-13,15-18,23H,3-7,10-11,14,19H2,1-2H3,(H,29,30,31,32). The molecular weight excluding hydrogens is 436 g/mol. The largest absolute Gasteiger partial charge is 0.329 e.